The Kier molecular flexibility index (Phi) is 15.0. The first kappa shape index (κ1) is 47.6. The summed E-state index contributed by atoms with van der Waals surface area (Å²) in [6.07, 6.45) is -2.44. The minimum Gasteiger partial charge on any atom is -0.497 e. The van der Waals surface area contributed by atoms with Crippen LogP contribution in [-0.2, 0) is 54.3 Å². The number of pyridine rings is 1. The zero-order valence-corrected chi connectivity index (χ0v) is 37.3. The molecular formula is C43H63N5O13. The number of cyclic esters (lactones) is 1. The number of Topliss-reactive ketones (excluding diaryl/α,β-unsaturated/α-hetero) is 2. The largest absolute Gasteiger partial charge is 0.497 e. The lowest BCUT2D eigenvalue weighted by atomic mass is 9.67. The van der Waals surface area contributed by atoms with Gasteiger partial charge in [-0.2, -0.15) is 0 Å². The number of oxime groups is 1. The van der Waals surface area contributed by atoms with Gasteiger partial charge in [-0.3, -0.25) is 24.2 Å². The zero-order chi connectivity index (χ0) is 45.1. The average molecular weight is 858 g/mol. The first-order valence-electron chi connectivity index (χ1n) is 20.8. The summed E-state index contributed by atoms with van der Waals surface area (Å²) in [6.45, 7) is 13.2. The third-order valence-corrected chi connectivity index (χ3v) is 12.8. The molecule has 3 N–H and O–H groups in total. The van der Waals surface area contributed by atoms with Crippen LogP contribution in [0.4, 0.5) is 0 Å². The second-order valence-electron chi connectivity index (χ2n) is 17.3. The van der Waals surface area contributed by atoms with Crippen molar-refractivity contribution in [3.8, 4) is 17.1 Å². The van der Waals surface area contributed by atoms with Gasteiger partial charge >= 0.3 is 11.9 Å². The maximum absolute atomic E-state index is 14.8. The van der Waals surface area contributed by atoms with E-state index < -0.39 is 89.0 Å². The third-order valence-electron chi connectivity index (χ3n) is 12.8. The Balaban J connectivity index is 1.48. The Bertz CT molecular complexity index is 1920. The van der Waals surface area contributed by atoms with Gasteiger partial charge in [0, 0.05) is 55.2 Å². The number of esters is 2. The lowest BCUT2D eigenvalue weighted by Gasteiger charge is -2.47. The number of fused-ring (bicyclic) bond motifs is 1. The summed E-state index contributed by atoms with van der Waals surface area (Å²) in [4.78, 5) is 68.8. The molecule has 0 aromatic carbocycles. The predicted molar refractivity (Wildman–Crippen MR) is 218 cm³/mol. The highest BCUT2D eigenvalue weighted by atomic mass is 16.7. The number of carbonyl (C=O) groups excluding carboxylic acids is 4. The van der Waals surface area contributed by atoms with Crippen LogP contribution in [0, 0.1) is 35.5 Å². The van der Waals surface area contributed by atoms with Crippen molar-refractivity contribution in [2.24, 2.45) is 46.4 Å². The Labute approximate surface area is 357 Å². The number of methoxy groups -OCH3 is 2. The van der Waals surface area contributed by atoms with Crippen LogP contribution in [0.5, 0.6) is 5.75 Å². The number of ether oxygens (including phenoxy) is 6. The van der Waals surface area contributed by atoms with Gasteiger partial charge in [-0.1, -0.05) is 38.0 Å². The van der Waals surface area contributed by atoms with E-state index in [4.69, 9.17) is 43.5 Å². The Morgan fingerprint density at radius 2 is 1.72 bits per heavy atom. The molecule has 2 aromatic heterocycles. The van der Waals surface area contributed by atoms with E-state index in [1.54, 1.807) is 65.9 Å². The number of aliphatic hydroxyl groups is 1. The molecule has 18 nitrogen and oxygen atoms in total. The number of hydrogen-bond donors (Lipinski definition) is 2. The van der Waals surface area contributed by atoms with Gasteiger partial charge < -0.3 is 53.5 Å². The molecule has 6 unspecified atom stereocenters. The maximum atomic E-state index is 14.8. The second kappa shape index (κ2) is 19.3. The fourth-order valence-corrected chi connectivity index (χ4v) is 9.35. The monoisotopic (exact) mass is 857 g/mol. The second-order valence-corrected chi connectivity index (χ2v) is 17.3. The van der Waals surface area contributed by atoms with Gasteiger partial charge in [0.2, 0.25) is 0 Å². The van der Waals surface area contributed by atoms with Crippen molar-refractivity contribution < 1.29 is 62.1 Å². The van der Waals surface area contributed by atoms with E-state index in [-0.39, 0.29) is 49.0 Å². The smallest absolute Gasteiger partial charge is 0.317 e. The number of amidine groups is 1. The molecule has 0 bridgehead atoms. The van der Waals surface area contributed by atoms with Crippen molar-refractivity contribution in [3.63, 3.8) is 0 Å². The normalized spacial score (nSPS) is 36.9. The maximum Gasteiger partial charge on any atom is 0.317 e. The number of ketones is 2. The van der Waals surface area contributed by atoms with E-state index in [0.717, 1.165) is 0 Å². The minimum absolute atomic E-state index is 0.0422. The summed E-state index contributed by atoms with van der Waals surface area (Å²) in [6, 6.07) is 4.68. The molecule has 0 spiro atoms. The molecule has 3 saturated heterocycles. The van der Waals surface area contributed by atoms with Crippen molar-refractivity contribution >= 4 is 29.3 Å². The number of carbonyl (C=O) groups is 4. The van der Waals surface area contributed by atoms with Crippen molar-refractivity contribution in [1.29, 1.82) is 0 Å². The molecule has 338 valence electrons. The van der Waals surface area contributed by atoms with E-state index in [2.05, 4.69) is 15.3 Å². The SMILES string of the molecule is CC[C@H]1OC(=O)[C@H](C)C(=O)[C@H](C)[C@@H](OC2OC(C)CC(N(C)C)C2O)[C@@](C)(OC)C[C@@H](C)C(=O)[C@H](C)C2C(/C(N)=N\OCc3cc(-c4cc(OC)ccn4)no3)C(=O)O[C@@]21C. The Morgan fingerprint density at radius 1 is 1.02 bits per heavy atom. The van der Waals surface area contributed by atoms with Crippen LogP contribution in [0.1, 0.15) is 80.4 Å². The molecule has 2 aromatic rings. The number of nitrogens with two attached hydrogens (primary N) is 1. The summed E-state index contributed by atoms with van der Waals surface area (Å²) in [5.74, 6) is -8.17. The summed E-state index contributed by atoms with van der Waals surface area (Å²) in [5, 5.41) is 19.6. The molecule has 0 saturated carbocycles. The molecule has 14 atom stereocenters. The quantitative estimate of drug-likeness (QED) is 0.108. The first-order valence-corrected chi connectivity index (χ1v) is 20.8. The number of rotatable bonds is 11. The van der Waals surface area contributed by atoms with Crippen LogP contribution in [-0.4, -0.2) is 126 Å². The molecule has 5 rings (SSSR count). The lowest BCUT2D eigenvalue weighted by molar-refractivity contribution is -0.295. The first-order chi connectivity index (χ1) is 28.7. The molecule has 0 amide bonds. The van der Waals surface area contributed by atoms with E-state index in [1.165, 1.54) is 21.1 Å². The van der Waals surface area contributed by atoms with E-state index in [0.29, 0.717) is 23.6 Å². The molecule has 3 aliphatic rings. The van der Waals surface area contributed by atoms with Gasteiger partial charge in [-0.15, -0.1) is 0 Å². The van der Waals surface area contributed by atoms with Gasteiger partial charge in [-0.25, -0.2) is 0 Å². The van der Waals surface area contributed by atoms with Gasteiger partial charge in [0.25, 0.3) is 0 Å². The summed E-state index contributed by atoms with van der Waals surface area (Å²) >= 11 is 0. The molecule has 0 aliphatic carbocycles. The van der Waals surface area contributed by atoms with Crippen LogP contribution in [0.15, 0.2) is 34.1 Å². The van der Waals surface area contributed by atoms with E-state index in [1.807, 2.05) is 25.9 Å². The highest BCUT2D eigenvalue weighted by Gasteiger charge is 2.62. The number of aliphatic hydroxyl groups excluding tert-OH is 1. The predicted octanol–water partition coefficient (Wildman–Crippen LogP) is 3.71. The van der Waals surface area contributed by atoms with Gasteiger partial charge in [0.1, 0.15) is 41.3 Å². The van der Waals surface area contributed by atoms with Crippen molar-refractivity contribution in [2.75, 3.05) is 28.3 Å². The van der Waals surface area contributed by atoms with Crippen LogP contribution >= 0.6 is 0 Å². The van der Waals surface area contributed by atoms with Gasteiger partial charge in [0.05, 0.1) is 30.6 Å². The summed E-state index contributed by atoms with van der Waals surface area (Å²) in [7, 11) is 6.69. The summed E-state index contributed by atoms with van der Waals surface area (Å²) < 4.78 is 41.7. The number of aromatic nitrogens is 2. The van der Waals surface area contributed by atoms with Crippen LogP contribution in [0.25, 0.3) is 11.4 Å². The van der Waals surface area contributed by atoms with Crippen molar-refractivity contribution in [2.45, 2.75) is 129 Å². The number of likely N-dealkylation sites (N-methyl/N-ethyl adjacent to an activating group) is 1. The third kappa shape index (κ3) is 9.78. The van der Waals surface area contributed by atoms with Gasteiger partial charge in [-0.05, 0) is 67.1 Å². The topological polar surface area (TPSA) is 234 Å². The lowest BCUT2D eigenvalue weighted by Crippen LogP contribution is -2.59. The van der Waals surface area contributed by atoms with E-state index >= 15 is 0 Å². The molecule has 0 radical (unpaired) electrons. The molecular weight excluding hydrogens is 794 g/mol. The number of hydrogen-bond acceptors (Lipinski definition) is 17. The Hall–Kier alpha value is -4.49. The minimum atomic E-state index is -1.59. The highest BCUT2D eigenvalue weighted by molar-refractivity contribution is 6.03. The van der Waals surface area contributed by atoms with Crippen LogP contribution < -0.4 is 10.5 Å². The molecule has 18 heteroatoms. The zero-order valence-electron chi connectivity index (χ0n) is 37.3. The van der Waals surface area contributed by atoms with Crippen LogP contribution in [0.2, 0.25) is 0 Å². The number of nitrogens with zero attached hydrogens (tertiary/aromatic N) is 4. The summed E-state index contributed by atoms with van der Waals surface area (Å²) in [5.41, 5.74) is 4.53. The standard InChI is InChI=1S/C43H63N5O13/c1-13-31-43(8)33(32(40(53)60-43)38(44)47-56-20-27-18-29(46-61-27)28-17-26(54-11)14-15-45-28)23(4)34(49)21(2)19-42(7,55-12)37(24(5)35(50)25(6)39(52)58-31)59-41-36(51)30(48(9)10)16-22(3)57-41/h14-15,17-18,21-25,30-33,36-37,41,51H,13,16,19-20H2,1-12H3,(H2,44,47)/t21-,22?,23-,24+,25-,30?,31-,32?,33?,36?,37-,41?,42+,43-/m1/s1. The van der Waals surface area contributed by atoms with Crippen LogP contribution in [0.3, 0.4) is 0 Å². The van der Waals surface area contributed by atoms with E-state index in [9.17, 15) is 24.3 Å². The molecule has 5 heterocycles. The van der Waals surface area contributed by atoms with Gasteiger partial charge in [0.15, 0.2) is 35.9 Å². The fourth-order valence-electron chi connectivity index (χ4n) is 9.35. The van der Waals surface area contributed by atoms with Crippen molar-refractivity contribution in [3.05, 3.63) is 30.2 Å². The molecule has 3 aliphatic heterocycles. The Morgan fingerprint density at radius 3 is 2.36 bits per heavy atom. The molecule has 3 fully saturated rings. The average Bonchev–Trinajstić information content (AvgIpc) is 3.82. The highest BCUT2D eigenvalue weighted by Crippen LogP contribution is 2.48. The van der Waals surface area contributed by atoms with Crippen molar-refractivity contribution in [1.82, 2.24) is 15.0 Å². The molecule has 61 heavy (non-hydrogen) atoms. The fraction of sp³-hybridized carbons (Fsp3) is 0.698.